The lowest BCUT2D eigenvalue weighted by molar-refractivity contribution is -0.125. The number of ketones is 2. The van der Waals surface area contributed by atoms with Crippen molar-refractivity contribution in [1.29, 1.82) is 0 Å². The average molecular weight is 280 g/mol. The van der Waals surface area contributed by atoms with Gasteiger partial charge in [-0.05, 0) is 30.4 Å². The van der Waals surface area contributed by atoms with E-state index in [0.29, 0.717) is 11.6 Å². The molecule has 5 rings (SSSR count). The second kappa shape index (κ2) is 3.85. The van der Waals surface area contributed by atoms with Crippen molar-refractivity contribution < 1.29 is 14.3 Å². The summed E-state index contributed by atoms with van der Waals surface area (Å²) >= 11 is 0. The van der Waals surface area contributed by atoms with Crippen LogP contribution in [0.2, 0.25) is 0 Å². The van der Waals surface area contributed by atoms with Gasteiger partial charge in [0.2, 0.25) is 0 Å². The maximum absolute atomic E-state index is 12.6. The molecule has 1 aromatic rings. The topological polar surface area (TPSA) is 43.4 Å². The third kappa shape index (κ3) is 1.34. The van der Waals surface area contributed by atoms with Crippen LogP contribution in [-0.2, 0) is 9.59 Å². The molecule has 106 valence electrons. The van der Waals surface area contributed by atoms with Crippen molar-refractivity contribution in [2.24, 2.45) is 35.5 Å². The fourth-order valence-electron chi connectivity index (χ4n) is 5.27. The van der Waals surface area contributed by atoms with Crippen LogP contribution >= 0.6 is 0 Å². The van der Waals surface area contributed by atoms with Crippen molar-refractivity contribution in [3.63, 3.8) is 0 Å². The van der Waals surface area contributed by atoms with Crippen LogP contribution in [0.25, 0.3) is 0 Å². The molecule has 0 aliphatic heterocycles. The van der Waals surface area contributed by atoms with E-state index in [1.165, 1.54) is 0 Å². The van der Waals surface area contributed by atoms with Gasteiger partial charge in [0.05, 0.1) is 5.92 Å². The van der Waals surface area contributed by atoms with Gasteiger partial charge in [-0.25, -0.2) is 0 Å². The van der Waals surface area contributed by atoms with Crippen molar-refractivity contribution in [3.8, 4) is 5.75 Å². The zero-order chi connectivity index (χ0) is 14.1. The lowest BCUT2D eigenvalue weighted by atomic mass is 9.72. The summed E-state index contributed by atoms with van der Waals surface area (Å²) in [4.78, 5) is 24.8. The van der Waals surface area contributed by atoms with Crippen LogP contribution < -0.4 is 4.74 Å². The molecule has 1 aromatic carbocycles. The summed E-state index contributed by atoms with van der Waals surface area (Å²) in [6.07, 6.45) is 4.80. The molecule has 0 heterocycles. The number of hydrogen-bond donors (Lipinski definition) is 0. The van der Waals surface area contributed by atoms with E-state index in [-0.39, 0.29) is 41.6 Å². The van der Waals surface area contributed by atoms with Gasteiger partial charge in [-0.1, -0.05) is 30.4 Å². The Hall–Kier alpha value is -1.90. The molecule has 0 spiro atoms. The minimum atomic E-state index is -0.0795. The summed E-state index contributed by atoms with van der Waals surface area (Å²) in [5.41, 5.74) is 0. The number of allylic oxidation sites excluding steroid dienone is 2. The Morgan fingerprint density at radius 1 is 0.905 bits per heavy atom. The van der Waals surface area contributed by atoms with Crippen molar-refractivity contribution in [2.75, 3.05) is 0 Å². The first kappa shape index (κ1) is 11.7. The molecular formula is C18H16O3. The zero-order valence-electron chi connectivity index (χ0n) is 11.5. The first-order valence-electron chi connectivity index (χ1n) is 7.73. The number of carbonyl (C=O) groups excluding carboxylic acids is 2. The number of hydrogen-bond acceptors (Lipinski definition) is 3. The Kier molecular flexibility index (Phi) is 2.15. The lowest BCUT2D eigenvalue weighted by Gasteiger charge is -2.34. The summed E-state index contributed by atoms with van der Waals surface area (Å²) in [5, 5.41) is 0. The summed E-state index contributed by atoms with van der Waals surface area (Å²) in [6.45, 7) is 0. The van der Waals surface area contributed by atoms with Crippen LogP contribution in [0.3, 0.4) is 0 Å². The minimum Gasteiger partial charge on any atom is -0.490 e. The Balaban J connectivity index is 1.47. The van der Waals surface area contributed by atoms with E-state index < -0.39 is 0 Å². The molecule has 7 unspecified atom stereocenters. The molecule has 3 saturated carbocycles. The highest BCUT2D eigenvalue weighted by Gasteiger charge is 2.69. The molecule has 3 nitrogen and oxygen atoms in total. The number of benzene rings is 1. The summed E-state index contributed by atoms with van der Waals surface area (Å²) in [7, 11) is 0. The molecule has 0 aromatic heterocycles. The van der Waals surface area contributed by atoms with Crippen LogP contribution in [-0.4, -0.2) is 17.7 Å². The van der Waals surface area contributed by atoms with E-state index in [2.05, 4.69) is 0 Å². The molecule has 0 radical (unpaired) electrons. The summed E-state index contributed by atoms with van der Waals surface area (Å²) in [6, 6.07) is 9.70. The SMILES string of the molecule is O=C1C2C=CC1C1C3C(=O)C(CC3Oc3ccccc3)C21. The summed E-state index contributed by atoms with van der Waals surface area (Å²) in [5.74, 6) is 1.92. The van der Waals surface area contributed by atoms with Crippen LogP contribution in [0.4, 0.5) is 0 Å². The standard InChI is InChI=1S/C18H16O3/c19-17-10-6-7-11(17)15-14(10)12-8-13(16(15)18(12)20)21-9-4-2-1-3-5-9/h1-7,10-16H,8H2. The molecule has 21 heavy (non-hydrogen) atoms. The average Bonchev–Trinajstić information content (AvgIpc) is 3.18. The van der Waals surface area contributed by atoms with Crippen molar-refractivity contribution >= 4 is 11.6 Å². The van der Waals surface area contributed by atoms with Crippen LogP contribution in [0, 0.1) is 35.5 Å². The molecule has 0 amide bonds. The smallest absolute Gasteiger partial charge is 0.147 e. The molecule has 4 aliphatic rings. The predicted molar refractivity (Wildman–Crippen MR) is 75.6 cm³/mol. The molecule has 0 N–H and O–H groups in total. The van der Waals surface area contributed by atoms with E-state index in [1.54, 1.807) is 0 Å². The quantitative estimate of drug-likeness (QED) is 0.616. The van der Waals surface area contributed by atoms with Gasteiger partial charge in [0.1, 0.15) is 23.4 Å². The highest BCUT2D eigenvalue weighted by molar-refractivity contribution is 5.99. The van der Waals surface area contributed by atoms with Crippen LogP contribution in [0.1, 0.15) is 6.42 Å². The number of ether oxygens (including phenoxy) is 1. The van der Waals surface area contributed by atoms with E-state index in [1.807, 2.05) is 42.5 Å². The van der Waals surface area contributed by atoms with Gasteiger partial charge in [-0.2, -0.15) is 0 Å². The summed E-state index contributed by atoms with van der Waals surface area (Å²) < 4.78 is 6.07. The number of rotatable bonds is 2. The Morgan fingerprint density at radius 2 is 1.62 bits per heavy atom. The number of carbonyl (C=O) groups is 2. The maximum atomic E-state index is 12.6. The maximum Gasteiger partial charge on any atom is 0.147 e. The van der Waals surface area contributed by atoms with E-state index in [4.69, 9.17) is 4.74 Å². The van der Waals surface area contributed by atoms with Gasteiger partial charge < -0.3 is 4.74 Å². The number of Topliss-reactive ketones (excluding diaryl/α,β-unsaturated/α-hetero) is 2. The van der Waals surface area contributed by atoms with Gasteiger partial charge in [0.15, 0.2) is 0 Å². The van der Waals surface area contributed by atoms with Gasteiger partial charge in [-0.15, -0.1) is 0 Å². The number of para-hydroxylation sites is 1. The highest BCUT2D eigenvalue weighted by atomic mass is 16.5. The van der Waals surface area contributed by atoms with Crippen molar-refractivity contribution in [2.45, 2.75) is 12.5 Å². The lowest BCUT2D eigenvalue weighted by Crippen LogP contribution is -2.37. The van der Waals surface area contributed by atoms with Crippen LogP contribution in [0.15, 0.2) is 42.5 Å². The third-order valence-corrected chi connectivity index (χ3v) is 5.95. The highest BCUT2D eigenvalue weighted by Crippen LogP contribution is 2.62. The second-order valence-corrected chi connectivity index (χ2v) is 6.73. The Bertz CT molecular complexity index is 662. The molecule has 7 atom stereocenters. The Morgan fingerprint density at radius 3 is 2.38 bits per heavy atom. The fourth-order valence-corrected chi connectivity index (χ4v) is 5.27. The van der Waals surface area contributed by atoms with E-state index in [0.717, 1.165) is 12.2 Å². The minimum absolute atomic E-state index is 0.0108. The van der Waals surface area contributed by atoms with Gasteiger partial charge in [-0.3, -0.25) is 9.59 Å². The monoisotopic (exact) mass is 280 g/mol. The second-order valence-electron chi connectivity index (χ2n) is 6.73. The third-order valence-electron chi connectivity index (χ3n) is 5.95. The molecule has 3 fully saturated rings. The predicted octanol–water partition coefficient (Wildman–Crippen LogP) is 2.27. The molecule has 4 bridgehead atoms. The Labute approximate surface area is 123 Å². The zero-order valence-corrected chi connectivity index (χ0v) is 11.5. The molecule has 4 aliphatic carbocycles. The first-order valence-corrected chi connectivity index (χ1v) is 7.73. The largest absolute Gasteiger partial charge is 0.490 e. The van der Waals surface area contributed by atoms with Gasteiger partial charge in [0, 0.05) is 17.8 Å². The van der Waals surface area contributed by atoms with Gasteiger partial charge >= 0.3 is 0 Å². The van der Waals surface area contributed by atoms with Gasteiger partial charge in [0.25, 0.3) is 0 Å². The molecule has 0 saturated heterocycles. The number of fused-ring (bicyclic) bond motifs is 9. The first-order chi connectivity index (χ1) is 10.3. The normalized spacial score (nSPS) is 45.4. The molecular weight excluding hydrogens is 264 g/mol. The van der Waals surface area contributed by atoms with Crippen molar-refractivity contribution in [1.82, 2.24) is 0 Å². The van der Waals surface area contributed by atoms with E-state index >= 15 is 0 Å². The molecule has 3 heteroatoms. The van der Waals surface area contributed by atoms with E-state index in [9.17, 15) is 9.59 Å². The van der Waals surface area contributed by atoms with Crippen LogP contribution in [0.5, 0.6) is 5.75 Å². The van der Waals surface area contributed by atoms with Crippen molar-refractivity contribution in [3.05, 3.63) is 42.5 Å². The fraction of sp³-hybridized carbons (Fsp3) is 0.444.